The highest BCUT2D eigenvalue weighted by atomic mass is 79.9. The van der Waals surface area contributed by atoms with Crippen molar-refractivity contribution in [1.82, 2.24) is 24.6 Å². The lowest BCUT2D eigenvalue weighted by molar-refractivity contribution is 0.0620. The van der Waals surface area contributed by atoms with E-state index in [4.69, 9.17) is 4.74 Å². The SMILES string of the molecule is Cn1nc(C(=O)N2CCCC(COc3ncc(Br)cn3)C2)ccc1=O. The van der Waals surface area contributed by atoms with Crippen molar-refractivity contribution < 1.29 is 9.53 Å². The number of rotatable bonds is 4. The lowest BCUT2D eigenvalue weighted by atomic mass is 9.98. The van der Waals surface area contributed by atoms with Gasteiger partial charge in [0, 0.05) is 44.5 Å². The van der Waals surface area contributed by atoms with E-state index in [1.165, 1.54) is 23.9 Å². The van der Waals surface area contributed by atoms with Crippen LogP contribution in [0.3, 0.4) is 0 Å². The number of hydrogen-bond acceptors (Lipinski definition) is 6. The van der Waals surface area contributed by atoms with Gasteiger partial charge in [0.05, 0.1) is 11.1 Å². The van der Waals surface area contributed by atoms with E-state index in [1.807, 2.05) is 0 Å². The van der Waals surface area contributed by atoms with Crippen molar-refractivity contribution in [3.63, 3.8) is 0 Å². The van der Waals surface area contributed by atoms with Gasteiger partial charge in [-0.05, 0) is 34.8 Å². The monoisotopic (exact) mass is 407 g/mol. The van der Waals surface area contributed by atoms with E-state index in [-0.39, 0.29) is 23.1 Å². The maximum atomic E-state index is 12.6. The summed E-state index contributed by atoms with van der Waals surface area (Å²) >= 11 is 3.28. The summed E-state index contributed by atoms with van der Waals surface area (Å²) in [5.74, 6) is 0.0395. The van der Waals surface area contributed by atoms with Gasteiger partial charge in [0.1, 0.15) is 5.69 Å². The second kappa shape index (κ2) is 7.73. The second-order valence-electron chi connectivity index (χ2n) is 5.93. The lowest BCUT2D eigenvalue weighted by Crippen LogP contribution is -2.42. The van der Waals surface area contributed by atoms with Crippen molar-refractivity contribution in [3.8, 4) is 6.01 Å². The van der Waals surface area contributed by atoms with Crippen LogP contribution in [0.1, 0.15) is 23.3 Å². The Balaban J connectivity index is 1.60. The molecule has 0 N–H and O–H groups in total. The molecule has 0 radical (unpaired) electrons. The van der Waals surface area contributed by atoms with Gasteiger partial charge in [-0.3, -0.25) is 9.59 Å². The summed E-state index contributed by atoms with van der Waals surface area (Å²) in [6.45, 7) is 1.71. The first-order valence-electron chi connectivity index (χ1n) is 7.97. The van der Waals surface area contributed by atoms with Crippen molar-refractivity contribution in [1.29, 1.82) is 0 Å². The number of carbonyl (C=O) groups excluding carboxylic acids is 1. The topological polar surface area (TPSA) is 90.2 Å². The summed E-state index contributed by atoms with van der Waals surface area (Å²) in [5, 5.41) is 4.03. The standard InChI is InChI=1S/C16H18BrN5O3/c1-21-14(23)5-4-13(20-21)15(24)22-6-2-3-11(9-22)10-25-16-18-7-12(17)8-19-16/h4-5,7-8,11H,2-3,6,9-10H2,1H3. The van der Waals surface area contributed by atoms with Gasteiger partial charge in [-0.25, -0.2) is 14.6 Å². The van der Waals surface area contributed by atoms with Crippen molar-refractivity contribution in [2.24, 2.45) is 13.0 Å². The Morgan fingerprint density at radius 1 is 1.36 bits per heavy atom. The highest BCUT2D eigenvalue weighted by Crippen LogP contribution is 2.19. The molecule has 1 aliphatic rings. The Morgan fingerprint density at radius 3 is 2.84 bits per heavy atom. The van der Waals surface area contributed by atoms with Crippen LogP contribution >= 0.6 is 15.9 Å². The van der Waals surface area contributed by atoms with E-state index < -0.39 is 0 Å². The maximum absolute atomic E-state index is 12.6. The number of aryl methyl sites for hydroxylation is 1. The molecule has 1 amide bonds. The van der Waals surface area contributed by atoms with Gasteiger partial charge < -0.3 is 9.64 Å². The van der Waals surface area contributed by atoms with Crippen molar-refractivity contribution in [3.05, 3.63) is 45.0 Å². The van der Waals surface area contributed by atoms with E-state index in [0.717, 1.165) is 17.3 Å². The van der Waals surface area contributed by atoms with Crippen LogP contribution in [-0.4, -0.2) is 50.3 Å². The summed E-state index contributed by atoms with van der Waals surface area (Å²) in [5.41, 5.74) is 0.0379. The number of piperidine rings is 1. The number of halogens is 1. The highest BCUT2D eigenvalue weighted by Gasteiger charge is 2.26. The lowest BCUT2D eigenvalue weighted by Gasteiger charge is -2.32. The van der Waals surface area contributed by atoms with Gasteiger partial charge in [-0.2, -0.15) is 5.10 Å². The van der Waals surface area contributed by atoms with Gasteiger partial charge >= 0.3 is 6.01 Å². The molecular weight excluding hydrogens is 390 g/mol. The van der Waals surface area contributed by atoms with Crippen LogP contribution in [0, 0.1) is 5.92 Å². The fourth-order valence-electron chi connectivity index (χ4n) is 2.73. The average molecular weight is 408 g/mol. The molecule has 2 aromatic heterocycles. The Kier molecular flexibility index (Phi) is 5.42. The number of nitrogens with zero attached hydrogens (tertiary/aromatic N) is 5. The van der Waals surface area contributed by atoms with Crippen LogP contribution in [0.2, 0.25) is 0 Å². The number of carbonyl (C=O) groups is 1. The summed E-state index contributed by atoms with van der Waals surface area (Å²) in [6, 6.07) is 3.15. The maximum Gasteiger partial charge on any atom is 0.316 e. The van der Waals surface area contributed by atoms with Gasteiger partial charge in [-0.15, -0.1) is 0 Å². The molecule has 0 aliphatic carbocycles. The Hall–Kier alpha value is -2.29. The van der Waals surface area contributed by atoms with Crippen molar-refractivity contribution in [2.45, 2.75) is 12.8 Å². The molecule has 0 spiro atoms. The van der Waals surface area contributed by atoms with E-state index in [2.05, 4.69) is 31.0 Å². The molecule has 1 unspecified atom stereocenters. The summed E-state index contributed by atoms with van der Waals surface area (Å²) in [7, 11) is 1.53. The number of ether oxygens (including phenoxy) is 1. The molecule has 3 rings (SSSR count). The van der Waals surface area contributed by atoms with E-state index in [1.54, 1.807) is 17.3 Å². The molecular formula is C16H18BrN5O3. The molecule has 1 atom stereocenters. The minimum atomic E-state index is -0.240. The van der Waals surface area contributed by atoms with Crippen molar-refractivity contribution in [2.75, 3.05) is 19.7 Å². The van der Waals surface area contributed by atoms with Crippen LogP contribution in [0.15, 0.2) is 33.8 Å². The predicted molar refractivity (Wildman–Crippen MR) is 93.3 cm³/mol. The smallest absolute Gasteiger partial charge is 0.316 e. The zero-order valence-electron chi connectivity index (χ0n) is 13.8. The largest absolute Gasteiger partial charge is 0.463 e. The molecule has 0 saturated carbocycles. The molecule has 3 heterocycles. The van der Waals surface area contributed by atoms with Gasteiger partial charge in [-0.1, -0.05) is 0 Å². The van der Waals surface area contributed by atoms with Crippen LogP contribution in [-0.2, 0) is 7.05 Å². The number of likely N-dealkylation sites (tertiary alicyclic amines) is 1. The molecule has 0 bridgehead atoms. The predicted octanol–water partition coefficient (Wildman–Crippen LogP) is 1.26. The molecule has 25 heavy (non-hydrogen) atoms. The van der Waals surface area contributed by atoms with Gasteiger partial charge in [0.2, 0.25) is 0 Å². The molecule has 0 aromatic carbocycles. The van der Waals surface area contributed by atoms with E-state index in [0.29, 0.717) is 25.7 Å². The Labute approximate surface area is 153 Å². The normalized spacial score (nSPS) is 17.4. The van der Waals surface area contributed by atoms with Gasteiger partial charge in [0.25, 0.3) is 11.5 Å². The summed E-state index contributed by atoms with van der Waals surface area (Å²) in [6.07, 6.45) is 5.13. The molecule has 9 heteroatoms. The first-order chi connectivity index (χ1) is 12.0. The molecule has 132 valence electrons. The van der Waals surface area contributed by atoms with Crippen LogP contribution in [0.4, 0.5) is 0 Å². The second-order valence-corrected chi connectivity index (χ2v) is 6.85. The average Bonchev–Trinajstić information content (AvgIpc) is 2.63. The fraction of sp³-hybridized carbons (Fsp3) is 0.438. The minimum absolute atomic E-state index is 0.166. The first-order valence-corrected chi connectivity index (χ1v) is 8.76. The Morgan fingerprint density at radius 2 is 2.12 bits per heavy atom. The van der Waals surface area contributed by atoms with E-state index >= 15 is 0 Å². The van der Waals surface area contributed by atoms with Gasteiger partial charge in [0.15, 0.2) is 0 Å². The number of amides is 1. The fourth-order valence-corrected chi connectivity index (χ4v) is 2.94. The summed E-state index contributed by atoms with van der Waals surface area (Å²) < 4.78 is 7.59. The number of aromatic nitrogens is 4. The summed E-state index contributed by atoms with van der Waals surface area (Å²) in [4.78, 5) is 33.9. The third kappa shape index (κ3) is 4.41. The third-order valence-corrected chi connectivity index (χ3v) is 4.44. The Bertz CT molecular complexity index is 808. The molecule has 1 saturated heterocycles. The zero-order valence-corrected chi connectivity index (χ0v) is 15.3. The van der Waals surface area contributed by atoms with Crippen LogP contribution in [0.25, 0.3) is 0 Å². The molecule has 2 aromatic rings. The van der Waals surface area contributed by atoms with Crippen molar-refractivity contribution >= 4 is 21.8 Å². The molecule has 8 nitrogen and oxygen atoms in total. The third-order valence-electron chi connectivity index (χ3n) is 4.03. The zero-order chi connectivity index (χ0) is 17.8. The van der Waals surface area contributed by atoms with E-state index in [9.17, 15) is 9.59 Å². The first kappa shape index (κ1) is 17.5. The molecule has 1 aliphatic heterocycles. The number of hydrogen-bond donors (Lipinski definition) is 0. The minimum Gasteiger partial charge on any atom is -0.463 e. The van der Waals surface area contributed by atoms with Crippen LogP contribution in [0.5, 0.6) is 6.01 Å². The quantitative estimate of drug-likeness (QED) is 0.757. The van der Waals surface area contributed by atoms with Crippen LogP contribution < -0.4 is 10.3 Å². The molecule has 1 fully saturated rings. The highest BCUT2D eigenvalue weighted by molar-refractivity contribution is 9.10.